The molecule has 0 spiro atoms. The van der Waals surface area contributed by atoms with E-state index in [2.05, 4.69) is 43.0 Å². The lowest BCUT2D eigenvalue weighted by molar-refractivity contribution is 0.0600. The Labute approximate surface area is 169 Å². The van der Waals surface area contributed by atoms with Gasteiger partial charge in [0.1, 0.15) is 5.69 Å². The number of nitrogens with zero attached hydrogens (tertiary/aromatic N) is 2. The van der Waals surface area contributed by atoms with E-state index in [9.17, 15) is 9.59 Å². The number of halogens is 1. The van der Waals surface area contributed by atoms with Crippen LogP contribution in [0.5, 0.6) is 0 Å². The number of ether oxygens (including phenoxy) is 1. The van der Waals surface area contributed by atoms with Gasteiger partial charge in [0.2, 0.25) is 0 Å². The van der Waals surface area contributed by atoms with Crippen LogP contribution in [0.25, 0.3) is 0 Å². The summed E-state index contributed by atoms with van der Waals surface area (Å²) in [7, 11) is 1.29. The maximum Gasteiger partial charge on any atom is 0.337 e. The molecule has 1 aromatic carbocycles. The van der Waals surface area contributed by atoms with Crippen LogP contribution >= 0.6 is 11.6 Å². The monoisotopic (exact) mass is 401 g/mol. The normalized spacial score (nSPS) is 16.8. The molecule has 1 amide bonds. The summed E-state index contributed by atoms with van der Waals surface area (Å²) in [5, 5.41) is 3.03. The second-order valence-electron chi connectivity index (χ2n) is 8.36. The molecule has 0 fully saturated rings. The lowest BCUT2D eigenvalue weighted by Crippen LogP contribution is -2.36. The van der Waals surface area contributed by atoms with Crippen LogP contribution in [0.3, 0.4) is 0 Å². The van der Waals surface area contributed by atoms with Crippen LogP contribution in [-0.2, 0) is 15.6 Å². The zero-order valence-corrected chi connectivity index (χ0v) is 17.5. The molecule has 1 aliphatic rings. The number of aromatic nitrogens is 2. The number of carbonyl (C=O) groups excluding carboxylic acids is 2. The lowest BCUT2D eigenvalue weighted by atomic mass is 9.67. The van der Waals surface area contributed by atoms with Gasteiger partial charge in [0.15, 0.2) is 0 Å². The van der Waals surface area contributed by atoms with E-state index < -0.39 is 11.9 Å². The van der Waals surface area contributed by atoms with Crippen molar-refractivity contribution >= 4 is 29.2 Å². The third-order valence-electron chi connectivity index (χ3n) is 5.30. The topological polar surface area (TPSA) is 81.2 Å². The van der Waals surface area contributed by atoms with E-state index in [1.807, 2.05) is 0 Å². The van der Waals surface area contributed by atoms with E-state index in [4.69, 9.17) is 16.3 Å². The van der Waals surface area contributed by atoms with Crippen molar-refractivity contribution < 1.29 is 14.3 Å². The Kier molecular flexibility index (Phi) is 5.19. The van der Waals surface area contributed by atoms with Crippen LogP contribution in [0.15, 0.2) is 24.4 Å². The van der Waals surface area contributed by atoms with Crippen molar-refractivity contribution in [3.05, 3.63) is 52.1 Å². The molecule has 2 aromatic rings. The average Bonchev–Trinajstić information content (AvgIpc) is 2.66. The largest absolute Gasteiger partial charge is 0.465 e. The number of rotatable bonds is 3. The summed E-state index contributed by atoms with van der Waals surface area (Å²) >= 11 is 6.17. The SMILES string of the molecule is COC(=O)c1ccc(Cl)c(NC(=O)c2cnc3c(n2)C(C)(C)CCC3(C)C)c1. The Morgan fingerprint density at radius 3 is 2.39 bits per heavy atom. The molecule has 7 heteroatoms. The summed E-state index contributed by atoms with van der Waals surface area (Å²) in [6.45, 7) is 8.53. The molecule has 1 heterocycles. The highest BCUT2D eigenvalue weighted by Gasteiger charge is 2.40. The van der Waals surface area contributed by atoms with Gasteiger partial charge in [-0.1, -0.05) is 39.3 Å². The molecule has 0 saturated heterocycles. The fraction of sp³-hybridized carbons (Fsp3) is 0.429. The van der Waals surface area contributed by atoms with Crippen molar-refractivity contribution in [1.82, 2.24) is 9.97 Å². The molecular weight excluding hydrogens is 378 g/mol. The molecule has 0 bridgehead atoms. The number of nitrogens with one attached hydrogen (secondary N) is 1. The summed E-state index contributed by atoms with van der Waals surface area (Å²) in [4.78, 5) is 33.7. The molecule has 148 valence electrons. The molecule has 6 nitrogen and oxygen atoms in total. The maximum atomic E-state index is 12.8. The fourth-order valence-corrected chi connectivity index (χ4v) is 3.54. The molecule has 0 saturated carbocycles. The van der Waals surface area contributed by atoms with E-state index in [1.165, 1.54) is 31.5 Å². The maximum absolute atomic E-state index is 12.8. The summed E-state index contributed by atoms with van der Waals surface area (Å²) < 4.78 is 4.71. The molecular formula is C21H24ClN3O3. The van der Waals surface area contributed by atoms with E-state index >= 15 is 0 Å². The van der Waals surface area contributed by atoms with Crippen LogP contribution < -0.4 is 5.32 Å². The summed E-state index contributed by atoms with van der Waals surface area (Å²) in [5.74, 6) is -0.942. The van der Waals surface area contributed by atoms with Gasteiger partial charge in [-0.25, -0.2) is 9.78 Å². The number of hydrogen-bond acceptors (Lipinski definition) is 5. The minimum atomic E-state index is -0.510. The van der Waals surface area contributed by atoms with Crippen molar-refractivity contribution in [2.75, 3.05) is 12.4 Å². The van der Waals surface area contributed by atoms with Gasteiger partial charge < -0.3 is 10.1 Å². The predicted molar refractivity (Wildman–Crippen MR) is 108 cm³/mol. The van der Waals surface area contributed by atoms with Gasteiger partial charge in [-0.3, -0.25) is 9.78 Å². The number of carbonyl (C=O) groups is 2. The first-order valence-electron chi connectivity index (χ1n) is 9.12. The van der Waals surface area contributed by atoms with E-state index in [1.54, 1.807) is 0 Å². The molecule has 0 unspecified atom stereocenters. The number of hydrogen-bond donors (Lipinski definition) is 1. The second-order valence-corrected chi connectivity index (χ2v) is 8.77. The van der Waals surface area contributed by atoms with Crippen molar-refractivity contribution in [3.8, 4) is 0 Å². The summed E-state index contributed by atoms with van der Waals surface area (Å²) in [6.07, 6.45) is 3.48. The summed E-state index contributed by atoms with van der Waals surface area (Å²) in [6, 6.07) is 4.55. The van der Waals surface area contributed by atoms with Crippen molar-refractivity contribution in [2.45, 2.75) is 51.4 Å². The van der Waals surface area contributed by atoms with Crippen molar-refractivity contribution in [3.63, 3.8) is 0 Å². The number of fused-ring (bicyclic) bond motifs is 1. The van der Waals surface area contributed by atoms with Gasteiger partial charge in [-0.2, -0.15) is 0 Å². The van der Waals surface area contributed by atoms with Gasteiger partial charge >= 0.3 is 5.97 Å². The van der Waals surface area contributed by atoms with Gasteiger partial charge in [0, 0.05) is 10.8 Å². The van der Waals surface area contributed by atoms with E-state index in [0.29, 0.717) is 16.3 Å². The smallest absolute Gasteiger partial charge is 0.337 e. The Morgan fingerprint density at radius 1 is 1.11 bits per heavy atom. The van der Waals surface area contributed by atoms with Crippen molar-refractivity contribution in [1.29, 1.82) is 0 Å². The molecule has 0 radical (unpaired) electrons. The van der Waals surface area contributed by atoms with Crippen LogP contribution in [0.2, 0.25) is 5.02 Å². The fourth-order valence-electron chi connectivity index (χ4n) is 3.38. The Balaban J connectivity index is 1.94. The van der Waals surface area contributed by atoms with Gasteiger partial charge in [0.25, 0.3) is 5.91 Å². The molecule has 28 heavy (non-hydrogen) atoms. The lowest BCUT2D eigenvalue weighted by Gasteiger charge is -2.39. The zero-order chi connectivity index (χ0) is 20.7. The number of anilines is 1. The van der Waals surface area contributed by atoms with E-state index in [0.717, 1.165) is 24.2 Å². The van der Waals surface area contributed by atoms with Gasteiger partial charge in [-0.05, 0) is 31.0 Å². The van der Waals surface area contributed by atoms with Crippen LogP contribution in [-0.4, -0.2) is 29.0 Å². The molecule has 1 N–H and O–H groups in total. The van der Waals surface area contributed by atoms with Crippen molar-refractivity contribution in [2.24, 2.45) is 0 Å². The first kappa shape index (κ1) is 20.3. The number of methoxy groups -OCH3 is 1. The average molecular weight is 402 g/mol. The minimum absolute atomic E-state index is 0.0784. The standard InChI is InChI=1S/C21H24ClN3O3/c1-20(2)8-9-21(3,4)17-16(20)23-11-15(24-17)18(26)25-14-10-12(19(27)28-5)6-7-13(14)22/h6-7,10-11H,8-9H2,1-5H3,(H,25,26). The number of amides is 1. The highest BCUT2D eigenvalue weighted by Crippen LogP contribution is 2.43. The highest BCUT2D eigenvalue weighted by atomic mass is 35.5. The number of esters is 1. The third kappa shape index (κ3) is 3.74. The van der Waals surface area contributed by atoms with Gasteiger partial charge in [-0.15, -0.1) is 0 Å². The molecule has 0 aliphatic heterocycles. The van der Waals surface area contributed by atoms with Crippen LogP contribution in [0, 0.1) is 0 Å². The quantitative estimate of drug-likeness (QED) is 0.765. The van der Waals surface area contributed by atoms with Crippen LogP contribution in [0.1, 0.15) is 72.8 Å². The predicted octanol–water partition coefficient (Wildman–Crippen LogP) is 4.52. The Bertz CT molecular complexity index is 954. The van der Waals surface area contributed by atoms with Crippen LogP contribution in [0.4, 0.5) is 5.69 Å². The highest BCUT2D eigenvalue weighted by molar-refractivity contribution is 6.34. The molecule has 1 aromatic heterocycles. The third-order valence-corrected chi connectivity index (χ3v) is 5.63. The minimum Gasteiger partial charge on any atom is -0.465 e. The summed E-state index contributed by atoms with van der Waals surface area (Å²) in [5.41, 5.74) is 2.37. The first-order valence-corrected chi connectivity index (χ1v) is 9.50. The molecule has 3 rings (SSSR count). The first-order chi connectivity index (χ1) is 13.0. The van der Waals surface area contributed by atoms with E-state index in [-0.39, 0.29) is 16.5 Å². The molecule has 1 aliphatic carbocycles. The Morgan fingerprint density at radius 2 is 1.75 bits per heavy atom. The van der Waals surface area contributed by atoms with Gasteiger partial charge in [0.05, 0.1) is 41.0 Å². The molecule has 0 atom stereocenters. The number of benzene rings is 1. The second kappa shape index (κ2) is 7.17. The zero-order valence-electron chi connectivity index (χ0n) is 16.7. The Hall–Kier alpha value is -2.47.